The number of benzene rings is 1. The van der Waals surface area contributed by atoms with Crippen LogP contribution >= 0.6 is 0 Å². The minimum Gasteiger partial charge on any atom is -0.368 e. The van der Waals surface area contributed by atoms with Gasteiger partial charge in [0.1, 0.15) is 6.04 Å². The van der Waals surface area contributed by atoms with Crippen molar-refractivity contribution >= 4 is 17.8 Å². The molecule has 1 aliphatic heterocycles. The van der Waals surface area contributed by atoms with Crippen LogP contribution in [0.1, 0.15) is 16.8 Å². The first-order chi connectivity index (χ1) is 13.8. The largest absolute Gasteiger partial charge is 0.368 e. The molecule has 2 aromatic rings. The van der Waals surface area contributed by atoms with Gasteiger partial charge in [0, 0.05) is 50.2 Å². The van der Waals surface area contributed by atoms with Crippen molar-refractivity contribution in [2.75, 3.05) is 20.6 Å². The molecule has 0 spiro atoms. The quantitative estimate of drug-likeness (QED) is 0.765. The van der Waals surface area contributed by atoms with Gasteiger partial charge in [0.15, 0.2) is 0 Å². The van der Waals surface area contributed by atoms with Crippen molar-refractivity contribution in [3.8, 4) is 5.69 Å². The van der Waals surface area contributed by atoms with Crippen LogP contribution in [0.3, 0.4) is 0 Å². The monoisotopic (exact) mass is 397 g/mol. The van der Waals surface area contributed by atoms with Gasteiger partial charge in [0.05, 0.1) is 0 Å². The van der Waals surface area contributed by atoms with Crippen LogP contribution in [-0.4, -0.2) is 64.9 Å². The number of primary amides is 1. The number of urea groups is 1. The van der Waals surface area contributed by atoms with Crippen molar-refractivity contribution in [1.82, 2.24) is 19.7 Å². The van der Waals surface area contributed by atoms with Gasteiger partial charge in [0.2, 0.25) is 5.91 Å². The fraction of sp³-hybridized carbons (Fsp3) is 0.300. The van der Waals surface area contributed by atoms with E-state index in [4.69, 9.17) is 5.73 Å². The Bertz CT molecular complexity index is 983. The molecule has 9 heteroatoms. The van der Waals surface area contributed by atoms with Gasteiger partial charge >= 0.3 is 6.03 Å². The average Bonchev–Trinajstić information content (AvgIpc) is 3.12. The number of rotatable bonds is 4. The molecule has 29 heavy (non-hydrogen) atoms. The lowest BCUT2D eigenvalue weighted by atomic mass is 10.1. The van der Waals surface area contributed by atoms with Crippen molar-refractivity contribution in [1.29, 1.82) is 0 Å². The number of hydrogen-bond acceptors (Lipinski definition) is 4. The first-order valence-corrected chi connectivity index (χ1v) is 9.14. The van der Waals surface area contributed by atoms with E-state index in [-0.39, 0.29) is 36.5 Å². The van der Waals surface area contributed by atoms with Gasteiger partial charge in [-0.1, -0.05) is 6.07 Å². The highest BCUT2D eigenvalue weighted by Crippen LogP contribution is 2.20. The number of likely N-dealkylation sites (tertiary alicyclic amines) is 1. The predicted molar refractivity (Wildman–Crippen MR) is 107 cm³/mol. The molecule has 4 amide bonds. The summed E-state index contributed by atoms with van der Waals surface area (Å²) in [6.45, 7) is 0.202. The zero-order valence-corrected chi connectivity index (χ0v) is 16.2. The van der Waals surface area contributed by atoms with E-state index in [0.29, 0.717) is 11.3 Å². The summed E-state index contributed by atoms with van der Waals surface area (Å²) in [5.41, 5.74) is 6.31. The molecular weight excluding hydrogens is 374 g/mol. The Balaban J connectivity index is 1.70. The SMILES string of the molecule is CN(C)C(=O)N1CC(NC(=O)c2ccc(-n3ccccc3=O)cc2)CC1C(N)=O. The van der Waals surface area contributed by atoms with E-state index >= 15 is 0 Å². The van der Waals surface area contributed by atoms with Crippen LogP contribution in [0.4, 0.5) is 4.79 Å². The summed E-state index contributed by atoms with van der Waals surface area (Å²) >= 11 is 0. The number of nitrogens with one attached hydrogen (secondary N) is 1. The van der Waals surface area contributed by atoms with Gasteiger partial charge in [-0.2, -0.15) is 0 Å². The smallest absolute Gasteiger partial charge is 0.320 e. The molecule has 0 radical (unpaired) electrons. The number of nitrogens with zero attached hydrogens (tertiary/aromatic N) is 3. The van der Waals surface area contributed by atoms with Crippen LogP contribution in [0.15, 0.2) is 53.5 Å². The Kier molecular flexibility index (Phi) is 5.67. The zero-order valence-electron chi connectivity index (χ0n) is 16.2. The van der Waals surface area contributed by atoms with Crippen LogP contribution in [0, 0.1) is 0 Å². The number of hydrogen-bond donors (Lipinski definition) is 2. The molecule has 3 N–H and O–H groups in total. The van der Waals surface area contributed by atoms with Gasteiger partial charge in [-0.15, -0.1) is 0 Å². The summed E-state index contributed by atoms with van der Waals surface area (Å²) in [5, 5.41) is 2.85. The molecule has 2 atom stereocenters. The molecule has 9 nitrogen and oxygen atoms in total. The second-order valence-electron chi connectivity index (χ2n) is 7.11. The van der Waals surface area contributed by atoms with E-state index in [1.54, 1.807) is 56.7 Å². The van der Waals surface area contributed by atoms with Crippen molar-refractivity contribution in [3.05, 3.63) is 64.6 Å². The maximum atomic E-state index is 12.6. The highest BCUT2D eigenvalue weighted by atomic mass is 16.2. The van der Waals surface area contributed by atoms with Gasteiger partial charge in [0.25, 0.3) is 11.5 Å². The second-order valence-corrected chi connectivity index (χ2v) is 7.11. The molecule has 3 rings (SSSR count). The Morgan fingerprint density at radius 3 is 2.38 bits per heavy atom. The van der Waals surface area contributed by atoms with Crippen molar-refractivity contribution in [2.45, 2.75) is 18.5 Å². The molecule has 1 saturated heterocycles. The summed E-state index contributed by atoms with van der Waals surface area (Å²) < 4.78 is 1.47. The van der Waals surface area contributed by atoms with Gasteiger partial charge in [-0.3, -0.25) is 19.0 Å². The molecule has 1 aromatic heterocycles. The number of pyridine rings is 1. The number of amides is 4. The second kappa shape index (κ2) is 8.17. The lowest BCUT2D eigenvalue weighted by molar-refractivity contribution is -0.121. The average molecular weight is 397 g/mol. The summed E-state index contributed by atoms with van der Waals surface area (Å²) in [7, 11) is 3.18. The van der Waals surface area contributed by atoms with Gasteiger partial charge < -0.3 is 20.9 Å². The zero-order chi connectivity index (χ0) is 21.1. The minimum atomic E-state index is -0.762. The topological polar surface area (TPSA) is 118 Å². The molecule has 1 aromatic carbocycles. The van der Waals surface area contributed by atoms with Crippen LogP contribution in [0.5, 0.6) is 0 Å². The van der Waals surface area contributed by atoms with E-state index in [0.717, 1.165) is 0 Å². The fourth-order valence-corrected chi connectivity index (χ4v) is 3.36. The third-order valence-electron chi connectivity index (χ3n) is 4.82. The molecule has 0 bridgehead atoms. The highest BCUT2D eigenvalue weighted by molar-refractivity contribution is 5.95. The third-order valence-corrected chi connectivity index (χ3v) is 4.82. The van der Waals surface area contributed by atoms with Gasteiger partial charge in [-0.05, 0) is 36.8 Å². The Labute approximate surface area is 167 Å². The lowest BCUT2D eigenvalue weighted by Crippen LogP contribution is -2.48. The van der Waals surface area contributed by atoms with Crippen LogP contribution in [-0.2, 0) is 4.79 Å². The Morgan fingerprint density at radius 1 is 1.10 bits per heavy atom. The number of carbonyl (C=O) groups is 3. The molecule has 1 aliphatic rings. The fourth-order valence-electron chi connectivity index (χ4n) is 3.36. The van der Waals surface area contributed by atoms with Crippen LogP contribution < -0.4 is 16.6 Å². The van der Waals surface area contributed by atoms with E-state index in [2.05, 4.69) is 5.32 Å². The van der Waals surface area contributed by atoms with Crippen molar-refractivity contribution in [3.63, 3.8) is 0 Å². The van der Waals surface area contributed by atoms with Crippen molar-refractivity contribution < 1.29 is 14.4 Å². The normalized spacial score (nSPS) is 18.3. The molecule has 0 saturated carbocycles. The minimum absolute atomic E-state index is 0.168. The molecule has 2 unspecified atom stereocenters. The van der Waals surface area contributed by atoms with Crippen molar-refractivity contribution in [2.24, 2.45) is 5.73 Å². The van der Waals surface area contributed by atoms with Crippen LogP contribution in [0.2, 0.25) is 0 Å². The van der Waals surface area contributed by atoms with Gasteiger partial charge in [-0.25, -0.2) is 4.79 Å². The standard InChI is InChI=1S/C20H23N5O4/c1-23(2)20(29)25-12-14(11-16(25)18(21)27)22-19(28)13-6-8-15(9-7-13)24-10-4-3-5-17(24)26/h3-10,14,16H,11-12H2,1-2H3,(H2,21,27)(H,22,28). The Hall–Kier alpha value is -3.62. The number of carbonyl (C=O) groups excluding carboxylic acids is 3. The summed E-state index contributed by atoms with van der Waals surface area (Å²) in [5.74, 6) is -0.932. The molecule has 2 heterocycles. The van der Waals surface area contributed by atoms with Crippen LogP contribution in [0.25, 0.3) is 5.69 Å². The molecule has 1 fully saturated rings. The van der Waals surface area contributed by atoms with E-state index in [1.165, 1.54) is 20.4 Å². The van der Waals surface area contributed by atoms with E-state index < -0.39 is 11.9 Å². The van der Waals surface area contributed by atoms with E-state index in [1.807, 2.05) is 0 Å². The number of nitrogens with two attached hydrogens (primary N) is 1. The maximum Gasteiger partial charge on any atom is 0.320 e. The lowest BCUT2D eigenvalue weighted by Gasteiger charge is -2.25. The Morgan fingerprint density at radius 2 is 1.79 bits per heavy atom. The molecular formula is C20H23N5O4. The number of aromatic nitrogens is 1. The van der Waals surface area contributed by atoms with E-state index in [9.17, 15) is 19.2 Å². The third kappa shape index (κ3) is 4.29. The highest BCUT2D eigenvalue weighted by Gasteiger charge is 2.39. The first kappa shape index (κ1) is 20.1. The summed E-state index contributed by atoms with van der Waals surface area (Å²) in [6.07, 6.45) is 1.91. The first-order valence-electron chi connectivity index (χ1n) is 9.14. The molecule has 0 aliphatic carbocycles. The molecule has 152 valence electrons. The summed E-state index contributed by atoms with van der Waals surface area (Å²) in [6, 6.07) is 9.98. The summed E-state index contributed by atoms with van der Waals surface area (Å²) in [4.78, 5) is 51.2. The predicted octanol–water partition coefficient (Wildman–Crippen LogP) is 0.177. The maximum absolute atomic E-state index is 12.6.